The third-order valence-electron chi connectivity index (χ3n) is 10.1. The molecule has 0 aromatic heterocycles. The second-order valence-corrected chi connectivity index (χ2v) is 15.4. The van der Waals surface area contributed by atoms with Crippen molar-refractivity contribution in [3.63, 3.8) is 0 Å². The number of nitrogens with two attached hydrogens (primary N) is 2. The lowest BCUT2D eigenvalue weighted by atomic mass is 9.96. The minimum atomic E-state index is -1.40. The highest BCUT2D eigenvalue weighted by atomic mass is 16.3. The number of phenolic OH excluding ortho intramolecular Hbond substituents is 1. The summed E-state index contributed by atoms with van der Waals surface area (Å²) in [5.74, 6) is -6.63. The Bertz CT molecular complexity index is 1750. The summed E-state index contributed by atoms with van der Waals surface area (Å²) in [7, 11) is 0. The predicted molar refractivity (Wildman–Crippen MR) is 218 cm³/mol. The van der Waals surface area contributed by atoms with E-state index in [4.69, 9.17) is 11.5 Å². The number of Topliss-reactive ketones (excluding diaryl/α,β-unsaturated/α-hetero) is 1. The summed E-state index contributed by atoms with van der Waals surface area (Å²) in [5.41, 5.74) is 11.6. The summed E-state index contributed by atoms with van der Waals surface area (Å²) in [4.78, 5) is 114. The molecule has 19 heteroatoms. The normalized spacial score (nSPS) is 23.8. The Morgan fingerprint density at radius 3 is 2.32 bits per heavy atom. The van der Waals surface area contributed by atoms with E-state index in [0.29, 0.717) is 18.4 Å². The first-order chi connectivity index (χ1) is 27.9. The van der Waals surface area contributed by atoms with Gasteiger partial charge in [-0.3, -0.25) is 43.3 Å². The van der Waals surface area contributed by atoms with Gasteiger partial charge in [-0.25, -0.2) is 0 Å². The molecule has 7 atom stereocenters. The van der Waals surface area contributed by atoms with Gasteiger partial charge in [0.25, 0.3) is 5.91 Å². The van der Waals surface area contributed by atoms with Gasteiger partial charge in [0.05, 0.1) is 12.1 Å². The van der Waals surface area contributed by atoms with Crippen LogP contribution in [0.4, 0.5) is 0 Å². The minimum absolute atomic E-state index is 0.0203. The number of hydrogen-bond acceptors (Lipinski definition) is 10. The van der Waals surface area contributed by atoms with Crippen LogP contribution in [0.1, 0.15) is 78.7 Å². The van der Waals surface area contributed by atoms with Crippen molar-refractivity contribution in [2.45, 2.75) is 116 Å². The van der Waals surface area contributed by atoms with Crippen molar-refractivity contribution in [2.75, 3.05) is 19.6 Å². The van der Waals surface area contributed by atoms with Gasteiger partial charge in [-0.05, 0) is 68.6 Å². The van der Waals surface area contributed by atoms with E-state index in [2.05, 4.69) is 36.9 Å². The Labute approximate surface area is 344 Å². The molecule has 11 N–H and O–H groups in total. The van der Waals surface area contributed by atoms with Gasteiger partial charge in [-0.1, -0.05) is 52.3 Å². The van der Waals surface area contributed by atoms with Crippen molar-refractivity contribution in [3.05, 3.63) is 42.0 Å². The summed E-state index contributed by atoms with van der Waals surface area (Å²) in [6.45, 7) is 8.43. The molecule has 1 saturated heterocycles. The van der Waals surface area contributed by atoms with Gasteiger partial charge in [0.1, 0.15) is 29.9 Å². The molecule has 0 spiro atoms. The number of hydrogen-bond donors (Lipinski definition) is 9. The molecular formula is C40H60N10O9. The first-order valence-corrected chi connectivity index (χ1v) is 20.0. The molecule has 2 unspecified atom stereocenters. The number of nitrogens with one attached hydrogen (secondary N) is 6. The number of phenols is 1. The number of nitrogens with zero attached hydrogens (tertiary/aromatic N) is 2. The average Bonchev–Trinajstić information content (AvgIpc) is 3.68. The Morgan fingerprint density at radius 1 is 0.983 bits per heavy atom. The van der Waals surface area contributed by atoms with Crippen molar-refractivity contribution in [3.8, 4) is 5.75 Å². The summed E-state index contributed by atoms with van der Waals surface area (Å²) in [6, 6.07) is -0.819. The van der Waals surface area contributed by atoms with Gasteiger partial charge in [-0.2, -0.15) is 0 Å². The second-order valence-electron chi connectivity index (χ2n) is 15.4. The molecule has 1 aromatic carbocycles. The second kappa shape index (κ2) is 22.8. The molecule has 0 aliphatic carbocycles. The van der Waals surface area contributed by atoms with Crippen LogP contribution in [0.25, 0.3) is 0 Å². The van der Waals surface area contributed by atoms with E-state index in [1.54, 1.807) is 26.0 Å². The monoisotopic (exact) mass is 824 g/mol. The van der Waals surface area contributed by atoms with Gasteiger partial charge in [0, 0.05) is 32.1 Å². The number of aliphatic imine (C=N–C) groups is 1. The number of fused-ring (bicyclic) bond motifs is 1. The molecule has 7 amide bonds. The largest absolute Gasteiger partial charge is 0.508 e. The van der Waals surface area contributed by atoms with Crippen LogP contribution < -0.4 is 43.4 Å². The first kappa shape index (κ1) is 47.4. The van der Waals surface area contributed by atoms with Crippen LogP contribution >= 0.6 is 0 Å². The summed E-state index contributed by atoms with van der Waals surface area (Å²) in [5, 5.41) is 25.7. The Morgan fingerprint density at radius 2 is 1.68 bits per heavy atom. The van der Waals surface area contributed by atoms with E-state index in [-0.39, 0.29) is 68.7 Å². The van der Waals surface area contributed by atoms with E-state index < -0.39 is 89.9 Å². The highest BCUT2D eigenvalue weighted by Crippen LogP contribution is 2.20. The molecule has 2 heterocycles. The SMILES string of the molecule is CC[C@H](C)[C@H]1NC(=O)C(=O)C(CCCN=C(N)N)NC(=O)[C@@H]2CCCN2C(=O)[C@@H](NC(=O)[C@H](C)NC(=O)CC(C)C)CNC(=O)/C=C/C(Cc2ccc(O)cc2)NC1=O. The maximum Gasteiger partial charge on any atom is 0.290 e. The first-order valence-electron chi connectivity index (χ1n) is 20.0. The van der Waals surface area contributed by atoms with E-state index in [9.17, 15) is 43.5 Å². The lowest BCUT2D eigenvalue weighted by Crippen LogP contribution is -2.60. The number of rotatable bonds is 13. The number of benzene rings is 1. The number of carbonyl (C=O) groups excluding carboxylic acids is 8. The summed E-state index contributed by atoms with van der Waals surface area (Å²) in [6.07, 6.45) is 3.99. The maximum atomic E-state index is 14.2. The zero-order chi connectivity index (χ0) is 43.8. The molecule has 19 nitrogen and oxygen atoms in total. The van der Waals surface area contributed by atoms with Crippen LogP contribution in [0.5, 0.6) is 5.75 Å². The fourth-order valence-electron chi connectivity index (χ4n) is 6.64. The van der Waals surface area contributed by atoms with Crippen LogP contribution in [0.2, 0.25) is 0 Å². The topological polar surface area (TPSA) is 297 Å². The van der Waals surface area contributed by atoms with Crippen LogP contribution in [-0.4, -0.2) is 119 Å². The van der Waals surface area contributed by atoms with Crippen LogP contribution in [-0.2, 0) is 44.8 Å². The number of amides is 7. The zero-order valence-corrected chi connectivity index (χ0v) is 34.4. The van der Waals surface area contributed by atoms with Crippen molar-refractivity contribution in [1.82, 2.24) is 36.8 Å². The van der Waals surface area contributed by atoms with E-state index in [1.165, 1.54) is 30.0 Å². The number of ketones is 1. The molecule has 3 rings (SSSR count). The molecule has 0 bridgehead atoms. The number of aromatic hydroxyl groups is 1. The van der Waals surface area contributed by atoms with Crippen molar-refractivity contribution < 1.29 is 43.5 Å². The Kier molecular flexibility index (Phi) is 18.3. The van der Waals surface area contributed by atoms with Gasteiger partial charge in [0.15, 0.2) is 5.96 Å². The third-order valence-corrected chi connectivity index (χ3v) is 10.1. The maximum absolute atomic E-state index is 14.2. The molecule has 324 valence electrons. The smallest absolute Gasteiger partial charge is 0.290 e. The van der Waals surface area contributed by atoms with Crippen molar-refractivity contribution >= 4 is 53.1 Å². The Hall–Kier alpha value is -6.01. The Balaban J connectivity index is 2.05. The third kappa shape index (κ3) is 15.0. The van der Waals surface area contributed by atoms with Crippen LogP contribution in [0.15, 0.2) is 41.4 Å². The van der Waals surface area contributed by atoms with Gasteiger partial charge in [0.2, 0.25) is 41.2 Å². The summed E-state index contributed by atoms with van der Waals surface area (Å²) >= 11 is 0. The number of carbonyl (C=O) groups is 8. The van der Waals surface area contributed by atoms with E-state index >= 15 is 0 Å². The molecule has 59 heavy (non-hydrogen) atoms. The quantitative estimate of drug-likeness (QED) is 0.0491. The molecular weight excluding hydrogens is 765 g/mol. The standard InChI is InChI=1S/C40H60N10O9/c1-6-23(4)33-37(57)46-26(20-25-11-14-27(51)15-12-25)13-16-31(52)44-21-29(48-35(55)24(5)45-32(53)19-22(2)3)39(59)50-18-8-10-30(50)36(56)47-28(34(54)38(58)49-33)9-7-17-43-40(41)42/h11-16,22-24,26,28-30,33,51H,6-10,17-21H2,1-5H3,(H,44,52)(H,45,53)(H,46,57)(H,47,56)(H,48,55)(H,49,58)(H4,41,42,43)/b16-13+/t23-,24-,26?,28?,29-,30-,33+/m0/s1. The van der Waals surface area contributed by atoms with Crippen LogP contribution in [0, 0.1) is 11.8 Å². The molecule has 2 aliphatic rings. The minimum Gasteiger partial charge on any atom is -0.508 e. The lowest BCUT2D eigenvalue weighted by molar-refractivity contribution is -0.144. The highest BCUT2D eigenvalue weighted by molar-refractivity contribution is 6.38. The zero-order valence-electron chi connectivity index (χ0n) is 34.4. The van der Waals surface area contributed by atoms with Crippen molar-refractivity contribution in [2.24, 2.45) is 28.3 Å². The molecule has 0 saturated carbocycles. The molecule has 0 radical (unpaired) electrons. The fraction of sp³-hybridized carbons (Fsp3) is 0.575. The summed E-state index contributed by atoms with van der Waals surface area (Å²) < 4.78 is 0. The lowest BCUT2D eigenvalue weighted by Gasteiger charge is -2.30. The van der Waals surface area contributed by atoms with E-state index in [1.807, 2.05) is 13.8 Å². The fourth-order valence-corrected chi connectivity index (χ4v) is 6.64. The van der Waals surface area contributed by atoms with E-state index in [0.717, 1.165) is 6.08 Å². The van der Waals surface area contributed by atoms with Crippen LogP contribution in [0.3, 0.4) is 0 Å². The highest BCUT2D eigenvalue weighted by Gasteiger charge is 2.40. The number of guanidine groups is 1. The van der Waals surface area contributed by atoms with Gasteiger partial charge in [-0.15, -0.1) is 0 Å². The van der Waals surface area contributed by atoms with Gasteiger partial charge < -0.3 is 53.4 Å². The molecule has 2 aliphatic heterocycles. The predicted octanol–water partition coefficient (Wildman–Crippen LogP) is -1.23. The molecule has 1 aromatic rings. The molecule has 1 fully saturated rings. The van der Waals surface area contributed by atoms with Crippen molar-refractivity contribution in [1.29, 1.82) is 0 Å². The van der Waals surface area contributed by atoms with Gasteiger partial charge >= 0.3 is 0 Å². The average molecular weight is 825 g/mol.